The topological polar surface area (TPSA) is 0 Å². The van der Waals surface area contributed by atoms with E-state index in [1.54, 1.807) is 0 Å². The average Bonchev–Trinajstić information content (AvgIpc) is 1.36. The predicted octanol–water partition coefficient (Wildman–Crippen LogP) is 2.06. The number of rotatable bonds is 1. The summed E-state index contributed by atoms with van der Waals surface area (Å²) in [4.78, 5) is 0. The molecular weight excluding hydrogens is 133 g/mol. The van der Waals surface area contributed by atoms with E-state index in [1.807, 2.05) is 0 Å². The van der Waals surface area contributed by atoms with Gasteiger partial charge < -0.3 is 0 Å². The van der Waals surface area contributed by atoms with E-state index >= 15 is 0 Å². The third-order valence-corrected chi connectivity index (χ3v) is 0.762. The van der Waals surface area contributed by atoms with Gasteiger partial charge in [-0.15, -0.1) is 0 Å². The Morgan fingerprint density at radius 1 is 1.00 bits per heavy atom. The molecule has 0 bridgehead atoms. The molecule has 0 spiro atoms. The van der Waals surface area contributed by atoms with Crippen LogP contribution in [0.15, 0.2) is 0 Å². The summed E-state index contributed by atoms with van der Waals surface area (Å²) in [5.74, 6) is 0. The van der Waals surface area contributed by atoms with Crippen molar-refractivity contribution in [2.24, 2.45) is 0 Å². The summed E-state index contributed by atoms with van der Waals surface area (Å²) in [5.41, 5.74) is -4.15. The molecule has 0 N–H and O–H groups in total. The van der Waals surface area contributed by atoms with Gasteiger partial charge in [-0.3, -0.25) is 0 Å². The van der Waals surface area contributed by atoms with Crippen LogP contribution in [0.1, 0.15) is 0 Å². The van der Waals surface area contributed by atoms with Gasteiger partial charge in [0.05, 0.1) is 0 Å². The van der Waals surface area contributed by atoms with Crippen molar-refractivity contribution in [1.29, 1.82) is 0 Å². The van der Waals surface area contributed by atoms with E-state index in [9.17, 15) is 8.78 Å². The Labute approximate surface area is 44.0 Å². The summed E-state index contributed by atoms with van der Waals surface area (Å²) in [5, 5.41) is 0. The van der Waals surface area contributed by atoms with Crippen LogP contribution in [0, 0.1) is 0 Å². The van der Waals surface area contributed by atoms with Gasteiger partial charge in [0.25, 0.3) is 0 Å². The molecule has 0 radical (unpaired) electrons. The molecule has 0 aliphatic carbocycles. The number of alkyl halides is 4. The molecule has 0 aliphatic rings. The molecule has 38 valence electrons. The van der Waals surface area contributed by atoms with Crippen LogP contribution >= 0.6 is 23.2 Å². The maximum Gasteiger partial charge on any atom is 0.218 e. The second kappa shape index (κ2) is 2.59. The van der Waals surface area contributed by atoms with E-state index in [1.165, 1.54) is 0 Å². The fourth-order valence-electron chi connectivity index (χ4n) is 0. The standard InChI is InChI=1S/C2H2Cl2F2/c3-1(5)2(4)6/h1-2H. The zero-order chi connectivity index (χ0) is 5.15. The van der Waals surface area contributed by atoms with Crippen LogP contribution in [-0.2, 0) is 0 Å². The van der Waals surface area contributed by atoms with E-state index in [2.05, 4.69) is 23.2 Å². The Hall–Kier alpha value is 0.440. The van der Waals surface area contributed by atoms with Crippen LogP contribution in [0.3, 0.4) is 0 Å². The highest BCUT2D eigenvalue weighted by atomic mass is 35.5. The molecule has 0 aromatic heterocycles. The van der Waals surface area contributed by atoms with Crippen molar-refractivity contribution in [3.63, 3.8) is 0 Å². The monoisotopic (exact) mass is 134 g/mol. The van der Waals surface area contributed by atoms with Gasteiger partial charge in [-0.25, -0.2) is 8.78 Å². The van der Waals surface area contributed by atoms with E-state index in [4.69, 9.17) is 0 Å². The van der Waals surface area contributed by atoms with Gasteiger partial charge in [0.2, 0.25) is 11.3 Å². The highest BCUT2D eigenvalue weighted by molar-refractivity contribution is 6.28. The van der Waals surface area contributed by atoms with Gasteiger partial charge >= 0.3 is 0 Å². The minimum absolute atomic E-state index is 2.08. The molecule has 0 heterocycles. The van der Waals surface area contributed by atoms with Crippen molar-refractivity contribution in [3.8, 4) is 0 Å². The van der Waals surface area contributed by atoms with E-state index < -0.39 is 11.3 Å². The van der Waals surface area contributed by atoms with E-state index in [-0.39, 0.29) is 0 Å². The summed E-state index contributed by atoms with van der Waals surface area (Å²) < 4.78 is 22.2. The first kappa shape index (κ1) is 6.44. The van der Waals surface area contributed by atoms with Gasteiger partial charge in [-0.2, -0.15) is 0 Å². The highest BCUT2D eigenvalue weighted by Gasteiger charge is 2.11. The average molecular weight is 135 g/mol. The molecular formula is C2H2Cl2F2. The maximum absolute atomic E-state index is 11.1. The SMILES string of the molecule is FC(Cl)C(F)Cl. The third-order valence-electron chi connectivity index (χ3n) is 0.190. The van der Waals surface area contributed by atoms with Gasteiger partial charge in [0, 0.05) is 0 Å². The second-order valence-corrected chi connectivity index (χ2v) is 1.50. The third kappa shape index (κ3) is 2.67. The van der Waals surface area contributed by atoms with Crippen LogP contribution in [0.2, 0.25) is 0 Å². The smallest absolute Gasteiger partial charge is 0.218 e. The van der Waals surface area contributed by atoms with Gasteiger partial charge in [0.15, 0.2) is 0 Å². The predicted molar refractivity (Wildman–Crippen MR) is 21.5 cm³/mol. The van der Waals surface area contributed by atoms with Crippen LogP contribution in [-0.4, -0.2) is 11.3 Å². The zero-order valence-corrected chi connectivity index (χ0v) is 4.18. The molecule has 2 unspecified atom stereocenters. The van der Waals surface area contributed by atoms with Crippen molar-refractivity contribution in [2.75, 3.05) is 0 Å². The Bertz CT molecular complexity index is 30.5. The molecule has 0 aliphatic heterocycles. The van der Waals surface area contributed by atoms with Crippen molar-refractivity contribution >= 4 is 23.2 Å². The lowest BCUT2D eigenvalue weighted by Crippen LogP contribution is -1.99. The lowest BCUT2D eigenvalue weighted by atomic mass is 10.8. The van der Waals surface area contributed by atoms with Crippen molar-refractivity contribution in [3.05, 3.63) is 0 Å². The van der Waals surface area contributed by atoms with Crippen LogP contribution in [0.25, 0.3) is 0 Å². The maximum atomic E-state index is 11.1. The zero-order valence-electron chi connectivity index (χ0n) is 2.67. The molecule has 6 heavy (non-hydrogen) atoms. The Morgan fingerprint density at radius 2 is 1.17 bits per heavy atom. The molecule has 0 saturated heterocycles. The number of hydrogen-bond donors (Lipinski definition) is 0. The Morgan fingerprint density at radius 3 is 1.17 bits per heavy atom. The van der Waals surface area contributed by atoms with Gasteiger partial charge in [-0.05, 0) is 0 Å². The van der Waals surface area contributed by atoms with Crippen LogP contribution < -0.4 is 0 Å². The summed E-state index contributed by atoms with van der Waals surface area (Å²) in [6, 6.07) is 0. The molecule has 0 aromatic carbocycles. The fraction of sp³-hybridized carbons (Fsp3) is 1.00. The minimum atomic E-state index is -2.08. The lowest BCUT2D eigenvalue weighted by Gasteiger charge is -1.92. The van der Waals surface area contributed by atoms with Crippen LogP contribution in [0.5, 0.6) is 0 Å². The van der Waals surface area contributed by atoms with Gasteiger partial charge in [0.1, 0.15) is 0 Å². The first-order valence-corrected chi connectivity index (χ1v) is 2.08. The minimum Gasteiger partial charge on any atom is -0.225 e. The van der Waals surface area contributed by atoms with Crippen molar-refractivity contribution < 1.29 is 8.78 Å². The van der Waals surface area contributed by atoms with Crippen molar-refractivity contribution in [1.82, 2.24) is 0 Å². The molecule has 4 heteroatoms. The highest BCUT2D eigenvalue weighted by Crippen LogP contribution is 2.10. The molecule has 0 aromatic rings. The first-order valence-electron chi connectivity index (χ1n) is 1.21. The Kier molecular flexibility index (Phi) is 2.78. The second-order valence-electron chi connectivity index (χ2n) is 0.669. The van der Waals surface area contributed by atoms with Crippen LogP contribution in [0.4, 0.5) is 8.78 Å². The number of hydrogen-bond acceptors (Lipinski definition) is 0. The molecule has 0 fully saturated rings. The summed E-state index contributed by atoms with van der Waals surface area (Å²) in [7, 11) is 0. The molecule has 0 rings (SSSR count). The molecule has 2 atom stereocenters. The Balaban J connectivity index is 2.99. The molecule has 0 nitrogen and oxygen atoms in total. The summed E-state index contributed by atoms with van der Waals surface area (Å²) in [6.07, 6.45) is 0. The normalized spacial score (nSPS) is 20.0. The van der Waals surface area contributed by atoms with E-state index in [0.717, 1.165) is 0 Å². The summed E-state index contributed by atoms with van der Waals surface area (Å²) in [6.45, 7) is 0. The van der Waals surface area contributed by atoms with Crippen molar-refractivity contribution in [2.45, 2.75) is 11.3 Å². The largest absolute Gasteiger partial charge is 0.225 e. The summed E-state index contributed by atoms with van der Waals surface area (Å²) >= 11 is 8.88. The molecule has 0 amide bonds. The number of halogens is 4. The van der Waals surface area contributed by atoms with E-state index in [0.29, 0.717) is 0 Å². The lowest BCUT2D eigenvalue weighted by molar-refractivity contribution is 0.306. The quantitative estimate of drug-likeness (QED) is 0.482. The first-order chi connectivity index (χ1) is 2.64. The molecule has 0 saturated carbocycles. The fourth-order valence-corrected chi connectivity index (χ4v) is 0. The van der Waals surface area contributed by atoms with Gasteiger partial charge in [-0.1, -0.05) is 23.2 Å².